The lowest BCUT2D eigenvalue weighted by Crippen LogP contribution is -2.49. The van der Waals surface area contributed by atoms with Crippen molar-refractivity contribution >= 4 is 15.9 Å². The minimum atomic E-state index is -3.87. The van der Waals surface area contributed by atoms with Gasteiger partial charge in [0.15, 0.2) is 9.84 Å². The van der Waals surface area contributed by atoms with Crippen molar-refractivity contribution in [2.75, 3.05) is 6.54 Å². The topological polar surface area (TPSA) is 98.5 Å². The quantitative estimate of drug-likeness (QED) is 0.752. The van der Waals surface area contributed by atoms with Crippen molar-refractivity contribution in [1.29, 1.82) is 0 Å². The highest BCUT2D eigenvalue weighted by molar-refractivity contribution is 7.92. The second-order valence-electron chi connectivity index (χ2n) is 8.68. The molecule has 1 aliphatic carbocycles. The fourth-order valence-electron chi connectivity index (χ4n) is 3.84. The second kappa shape index (κ2) is 7.67. The van der Waals surface area contributed by atoms with Crippen LogP contribution in [-0.2, 0) is 14.6 Å². The van der Waals surface area contributed by atoms with Gasteiger partial charge < -0.3 is 15.8 Å². The average molecular weight is 435 g/mol. The van der Waals surface area contributed by atoms with Gasteiger partial charge in [-0.1, -0.05) is 29.8 Å². The lowest BCUT2D eigenvalue weighted by atomic mass is 10.1. The molecule has 0 bridgehead atoms. The zero-order valence-electron chi connectivity index (χ0n) is 17.5. The first kappa shape index (κ1) is 22.2. The molecule has 1 amide bonds. The van der Waals surface area contributed by atoms with E-state index in [9.17, 15) is 17.6 Å². The summed E-state index contributed by atoms with van der Waals surface area (Å²) in [6, 6.07) is 12.2. The van der Waals surface area contributed by atoms with E-state index in [1.165, 1.54) is 30.3 Å². The van der Waals surface area contributed by atoms with Crippen molar-refractivity contribution in [3.63, 3.8) is 0 Å². The van der Waals surface area contributed by atoms with E-state index in [4.69, 9.17) is 10.5 Å². The molecule has 0 radical (unpaired) electrons. The molecule has 6 nitrogen and oxygen atoms in total. The van der Waals surface area contributed by atoms with E-state index in [0.717, 1.165) is 5.56 Å². The lowest BCUT2D eigenvalue weighted by molar-refractivity contribution is 0.0497. The molecule has 3 rings (SSSR count). The number of aryl methyl sites for hydroxylation is 1. The SMILES string of the molecule is Cc1ccc(S(=O)(=O)[C@H]2[C@@H](c3cccc(F)c3)[C@@]2(CN)NC(=O)OC(C)(C)C)cc1. The third-order valence-corrected chi connectivity index (χ3v) is 7.51. The first-order valence-electron chi connectivity index (χ1n) is 9.68. The van der Waals surface area contributed by atoms with Crippen LogP contribution >= 0.6 is 0 Å². The van der Waals surface area contributed by atoms with Gasteiger partial charge in [0.1, 0.15) is 16.7 Å². The Kier molecular flexibility index (Phi) is 5.68. The van der Waals surface area contributed by atoms with Crippen LogP contribution in [0, 0.1) is 12.7 Å². The maximum absolute atomic E-state index is 13.9. The summed E-state index contributed by atoms with van der Waals surface area (Å²) in [7, 11) is -3.87. The Morgan fingerprint density at radius 2 is 1.83 bits per heavy atom. The van der Waals surface area contributed by atoms with E-state index < -0.39 is 44.1 Å². The molecule has 3 N–H and O–H groups in total. The number of sulfone groups is 1. The van der Waals surface area contributed by atoms with Gasteiger partial charge in [-0.2, -0.15) is 0 Å². The summed E-state index contributed by atoms with van der Waals surface area (Å²) in [5.74, 6) is -1.20. The molecule has 162 valence electrons. The molecule has 0 saturated heterocycles. The van der Waals surface area contributed by atoms with Crippen molar-refractivity contribution in [2.45, 2.75) is 54.9 Å². The van der Waals surface area contributed by atoms with Crippen molar-refractivity contribution in [1.82, 2.24) is 5.32 Å². The standard InChI is InChI=1S/C22H27FN2O4S/c1-14-8-10-17(11-9-14)30(27,28)19-18(15-6-5-7-16(23)12-15)22(19,13-24)25-20(26)29-21(2,3)4/h5-12,18-19H,13,24H2,1-4H3,(H,25,26)/t18-,19+,22-/m1/s1. The second-order valence-corrected chi connectivity index (χ2v) is 10.8. The number of amides is 1. The van der Waals surface area contributed by atoms with Crippen LogP contribution in [-0.4, -0.2) is 37.4 Å². The van der Waals surface area contributed by atoms with Gasteiger partial charge >= 0.3 is 6.09 Å². The Bertz CT molecular complexity index is 1050. The highest BCUT2D eigenvalue weighted by Crippen LogP contribution is 2.57. The molecule has 30 heavy (non-hydrogen) atoms. The van der Waals surface area contributed by atoms with Crippen molar-refractivity contribution < 1.29 is 22.3 Å². The van der Waals surface area contributed by atoms with Crippen LogP contribution in [0.3, 0.4) is 0 Å². The molecule has 0 unspecified atom stereocenters. The van der Waals surface area contributed by atoms with Crippen molar-refractivity contribution in [3.05, 3.63) is 65.5 Å². The number of rotatable bonds is 5. The molecule has 0 aliphatic heterocycles. The number of hydrogen-bond acceptors (Lipinski definition) is 5. The predicted molar refractivity (Wildman–Crippen MR) is 112 cm³/mol. The number of nitrogens with two attached hydrogens (primary N) is 1. The highest BCUT2D eigenvalue weighted by Gasteiger charge is 2.71. The molecule has 8 heteroatoms. The zero-order chi connectivity index (χ0) is 22.3. The van der Waals surface area contributed by atoms with Gasteiger partial charge in [0.05, 0.1) is 10.4 Å². The van der Waals surface area contributed by atoms with Crippen LogP contribution in [0.2, 0.25) is 0 Å². The maximum atomic E-state index is 13.9. The Morgan fingerprint density at radius 3 is 2.37 bits per heavy atom. The smallest absolute Gasteiger partial charge is 0.408 e. The summed E-state index contributed by atoms with van der Waals surface area (Å²) in [4.78, 5) is 12.6. The number of hydrogen-bond donors (Lipinski definition) is 2. The van der Waals surface area contributed by atoms with Crippen LogP contribution in [0.25, 0.3) is 0 Å². The molecular weight excluding hydrogens is 407 g/mol. The Hall–Kier alpha value is -2.45. The summed E-state index contributed by atoms with van der Waals surface area (Å²) in [5, 5.41) is 1.64. The Balaban J connectivity index is 2.05. The number of benzene rings is 2. The molecule has 2 aromatic rings. The van der Waals surface area contributed by atoms with Crippen molar-refractivity contribution in [3.8, 4) is 0 Å². The maximum Gasteiger partial charge on any atom is 0.408 e. The monoisotopic (exact) mass is 434 g/mol. The van der Waals surface area contributed by atoms with Gasteiger partial charge in [-0.25, -0.2) is 17.6 Å². The van der Waals surface area contributed by atoms with Gasteiger partial charge in [-0.15, -0.1) is 0 Å². The molecular formula is C22H27FN2O4S. The number of nitrogens with one attached hydrogen (secondary N) is 1. The number of carbonyl (C=O) groups excluding carboxylic acids is 1. The van der Waals surface area contributed by atoms with Gasteiger partial charge in [0, 0.05) is 12.5 Å². The lowest BCUT2D eigenvalue weighted by Gasteiger charge is -2.24. The van der Waals surface area contributed by atoms with E-state index in [0.29, 0.717) is 5.56 Å². The number of carbonyl (C=O) groups is 1. The van der Waals surface area contributed by atoms with Gasteiger partial charge in [-0.3, -0.25) is 0 Å². The van der Waals surface area contributed by atoms with E-state index >= 15 is 0 Å². The minimum Gasteiger partial charge on any atom is -0.444 e. The fraction of sp³-hybridized carbons (Fsp3) is 0.409. The third-order valence-electron chi connectivity index (χ3n) is 5.22. The van der Waals surface area contributed by atoms with Crippen LogP contribution < -0.4 is 11.1 Å². The van der Waals surface area contributed by atoms with E-state index in [-0.39, 0.29) is 11.4 Å². The van der Waals surface area contributed by atoms with Crippen LogP contribution in [0.5, 0.6) is 0 Å². The summed E-state index contributed by atoms with van der Waals surface area (Å²) in [6.45, 7) is 6.83. The normalized spacial score (nSPS) is 23.7. The molecule has 0 aromatic heterocycles. The molecule has 1 saturated carbocycles. The summed E-state index contributed by atoms with van der Waals surface area (Å²) in [6.07, 6.45) is -0.768. The number of halogens is 1. The first-order valence-corrected chi connectivity index (χ1v) is 11.2. The van der Waals surface area contributed by atoms with Gasteiger partial charge in [0.25, 0.3) is 0 Å². The average Bonchev–Trinajstić information content (AvgIpc) is 3.30. The zero-order valence-corrected chi connectivity index (χ0v) is 18.3. The highest BCUT2D eigenvalue weighted by atomic mass is 32.2. The summed E-state index contributed by atoms with van der Waals surface area (Å²) in [5.41, 5.74) is 5.31. The Labute approximate surface area is 176 Å². The number of alkyl carbamates (subject to hydrolysis) is 1. The van der Waals surface area contributed by atoms with E-state index in [1.807, 2.05) is 6.92 Å². The fourth-order valence-corrected chi connectivity index (χ4v) is 6.19. The Morgan fingerprint density at radius 1 is 1.20 bits per heavy atom. The molecule has 0 spiro atoms. The van der Waals surface area contributed by atoms with Gasteiger partial charge in [0.2, 0.25) is 0 Å². The summed E-state index contributed by atoms with van der Waals surface area (Å²) < 4.78 is 46.2. The van der Waals surface area contributed by atoms with Crippen LogP contribution in [0.15, 0.2) is 53.4 Å². The van der Waals surface area contributed by atoms with Gasteiger partial charge in [-0.05, 0) is 57.5 Å². The van der Waals surface area contributed by atoms with E-state index in [1.54, 1.807) is 39.0 Å². The minimum absolute atomic E-state index is 0.126. The molecule has 3 atom stereocenters. The van der Waals surface area contributed by atoms with E-state index in [2.05, 4.69) is 5.32 Å². The first-order chi connectivity index (χ1) is 13.9. The largest absolute Gasteiger partial charge is 0.444 e. The van der Waals surface area contributed by atoms with Crippen LogP contribution in [0.4, 0.5) is 9.18 Å². The predicted octanol–water partition coefficient (Wildman–Crippen LogP) is 3.30. The molecule has 1 aliphatic rings. The summed E-state index contributed by atoms with van der Waals surface area (Å²) >= 11 is 0. The molecule has 0 heterocycles. The number of ether oxygens (including phenoxy) is 1. The molecule has 2 aromatic carbocycles. The van der Waals surface area contributed by atoms with Crippen LogP contribution in [0.1, 0.15) is 37.8 Å². The molecule has 1 fully saturated rings. The third kappa shape index (κ3) is 4.20. The van der Waals surface area contributed by atoms with Crippen molar-refractivity contribution in [2.24, 2.45) is 5.73 Å².